The maximum atomic E-state index is 4.32. The minimum atomic E-state index is 0.187. The van der Waals surface area contributed by atoms with Crippen molar-refractivity contribution in [3.8, 4) is 0 Å². The van der Waals surface area contributed by atoms with E-state index in [0.717, 1.165) is 12.2 Å². The molecule has 84 valence electrons. The van der Waals surface area contributed by atoms with Crippen molar-refractivity contribution in [2.75, 3.05) is 6.54 Å². The molecule has 3 nitrogen and oxygen atoms in total. The first-order valence-corrected chi connectivity index (χ1v) is 6.18. The van der Waals surface area contributed by atoms with Crippen LogP contribution in [-0.2, 0) is 0 Å². The second-order valence-corrected chi connectivity index (χ2v) is 4.89. The standard InChI is InChI=1S/C12H15N3S/c1-3-14-12(10-6-7-13-8-15-10)11-5-4-9(2)16-11/h4-8,12,14H,3H2,1-2H3. The molecule has 2 aromatic rings. The summed E-state index contributed by atoms with van der Waals surface area (Å²) >= 11 is 1.81. The Labute approximate surface area is 99.6 Å². The SMILES string of the molecule is CCNC(c1ccncn1)c1ccc(C)s1. The molecule has 0 saturated carbocycles. The minimum Gasteiger partial charge on any atom is -0.305 e. The summed E-state index contributed by atoms with van der Waals surface area (Å²) in [5.41, 5.74) is 1.03. The third-order valence-corrected chi connectivity index (χ3v) is 3.42. The fraction of sp³-hybridized carbons (Fsp3) is 0.333. The van der Waals surface area contributed by atoms with Crippen LogP contribution in [0.25, 0.3) is 0 Å². The number of hydrogen-bond acceptors (Lipinski definition) is 4. The largest absolute Gasteiger partial charge is 0.305 e. The molecule has 1 N–H and O–H groups in total. The lowest BCUT2D eigenvalue weighted by Crippen LogP contribution is -2.22. The average molecular weight is 233 g/mol. The van der Waals surface area contributed by atoms with Gasteiger partial charge in [0.15, 0.2) is 0 Å². The lowest BCUT2D eigenvalue weighted by molar-refractivity contribution is 0.622. The molecule has 0 radical (unpaired) electrons. The van der Waals surface area contributed by atoms with E-state index in [1.165, 1.54) is 9.75 Å². The van der Waals surface area contributed by atoms with Crippen molar-refractivity contribution in [1.29, 1.82) is 0 Å². The van der Waals surface area contributed by atoms with Gasteiger partial charge in [0.1, 0.15) is 6.33 Å². The van der Waals surface area contributed by atoms with Gasteiger partial charge in [-0.25, -0.2) is 9.97 Å². The Hall–Kier alpha value is -1.26. The van der Waals surface area contributed by atoms with Crippen LogP contribution in [0.15, 0.2) is 30.7 Å². The molecular formula is C12H15N3S. The van der Waals surface area contributed by atoms with Gasteiger partial charge >= 0.3 is 0 Å². The first-order valence-electron chi connectivity index (χ1n) is 5.37. The molecule has 0 fully saturated rings. The van der Waals surface area contributed by atoms with Crippen LogP contribution in [0.3, 0.4) is 0 Å². The molecule has 0 aromatic carbocycles. The van der Waals surface area contributed by atoms with Gasteiger partial charge in [0.05, 0.1) is 11.7 Å². The molecule has 0 amide bonds. The van der Waals surface area contributed by atoms with Gasteiger partial charge in [-0.3, -0.25) is 0 Å². The highest BCUT2D eigenvalue weighted by Gasteiger charge is 2.15. The van der Waals surface area contributed by atoms with Crippen LogP contribution in [0.5, 0.6) is 0 Å². The predicted molar refractivity (Wildman–Crippen MR) is 66.6 cm³/mol. The molecule has 0 saturated heterocycles. The Morgan fingerprint density at radius 2 is 2.25 bits per heavy atom. The van der Waals surface area contributed by atoms with E-state index < -0.39 is 0 Å². The molecule has 2 aromatic heterocycles. The number of nitrogens with one attached hydrogen (secondary N) is 1. The van der Waals surface area contributed by atoms with Crippen LogP contribution >= 0.6 is 11.3 Å². The molecule has 1 atom stereocenters. The van der Waals surface area contributed by atoms with Crippen molar-refractivity contribution in [3.05, 3.63) is 46.2 Å². The van der Waals surface area contributed by atoms with Crippen molar-refractivity contribution < 1.29 is 0 Å². The molecule has 16 heavy (non-hydrogen) atoms. The van der Waals surface area contributed by atoms with Gasteiger partial charge in [-0.2, -0.15) is 0 Å². The number of thiophene rings is 1. The van der Waals surface area contributed by atoms with Crippen molar-refractivity contribution in [3.63, 3.8) is 0 Å². The van der Waals surface area contributed by atoms with Crippen LogP contribution in [-0.4, -0.2) is 16.5 Å². The Kier molecular flexibility index (Phi) is 3.64. The maximum Gasteiger partial charge on any atom is 0.115 e. The molecule has 1 unspecified atom stereocenters. The smallest absolute Gasteiger partial charge is 0.115 e. The van der Waals surface area contributed by atoms with E-state index in [1.807, 2.05) is 17.4 Å². The normalized spacial score (nSPS) is 12.6. The van der Waals surface area contributed by atoms with E-state index in [9.17, 15) is 0 Å². The van der Waals surface area contributed by atoms with E-state index in [4.69, 9.17) is 0 Å². The second kappa shape index (κ2) is 5.18. The summed E-state index contributed by atoms with van der Waals surface area (Å²) in [6.07, 6.45) is 3.38. The van der Waals surface area contributed by atoms with Crippen LogP contribution in [0.2, 0.25) is 0 Å². The topological polar surface area (TPSA) is 37.8 Å². The Morgan fingerprint density at radius 3 is 2.81 bits per heavy atom. The van der Waals surface area contributed by atoms with E-state index in [1.54, 1.807) is 12.5 Å². The third kappa shape index (κ3) is 2.46. The third-order valence-electron chi connectivity index (χ3n) is 2.35. The highest BCUT2D eigenvalue weighted by Crippen LogP contribution is 2.26. The summed E-state index contributed by atoms with van der Waals surface area (Å²) in [6, 6.07) is 6.45. The van der Waals surface area contributed by atoms with Crippen LogP contribution in [0.4, 0.5) is 0 Å². The zero-order chi connectivity index (χ0) is 11.4. The van der Waals surface area contributed by atoms with Gasteiger partial charge in [-0.15, -0.1) is 11.3 Å². The molecule has 0 aliphatic carbocycles. The molecule has 2 heterocycles. The van der Waals surface area contributed by atoms with Gasteiger partial charge in [0.2, 0.25) is 0 Å². The van der Waals surface area contributed by atoms with E-state index in [0.29, 0.717) is 0 Å². The van der Waals surface area contributed by atoms with E-state index >= 15 is 0 Å². The summed E-state index contributed by atoms with van der Waals surface area (Å²) in [5, 5.41) is 3.45. The van der Waals surface area contributed by atoms with E-state index in [-0.39, 0.29) is 6.04 Å². The molecule has 4 heteroatoms. The number of rotatable bonds is 4. The number of aromatic nitrogens is 2. The van der Waals surface area contributed by atoms with Crippen LogP contribution < -0.4 is 5.32 Å². The second-order valence-electron chi connectivity index (χ2n) is 3.57. The zero-order valence-electron chi connectivity index (χ0n) is 9.47. The Morgan fingerprint density at radius 1 is 1.38 bits per heavy atom. The van der Waals surface area contributed by atoms with Gasteiger partial charge in [-0.05, 0) is 31.7 Å². The summed E-state index contributed by atoms with van der Waals surface area (Å²) in [6.45, 7) is 5.15. The van der Waals surface area contributed by atoms with Crippen molar-refractivity contribution >= 4 is 11.3 Å². The van der Waals surface area contributed by atoms with Crippen LogP contribution in [0.1, 0.15) is 28.4 Å². The van der Waals surface area contributed by atoms with Gasteiger partial charge in [0, 0.05) is 16.0 Å². The average Bonchev–Trinajstić information content (AvgIpc) is 2.74. The van der Waals surface area contributed by atoms with Crippen molar-refractivity contribution in [2.24, 2.45) is 0 Å². The Bertz CT molecular complexity index is 439. The summed E-state index contributed by atoms with van der Waals surface area (Å²) < 4.78 is 0. The minimum absolute atomic E-state index is 0.187. The van der Waals surface area contributed by atoms with Crippen molar-refractivity contribution in [2.45, 2.75) is 19.9 Å². The Balaban J connectivity index is 2.31. The molecule has 0 aliphatic heterocycles. The zero-order valence-corrected chi connectivity index (χ0v) is 10.3. The maximum absolute atomic E-state index is 4.32. The summed E-state index contributed by atoms with van der Waals surface area (Å²) in [4.78, 5) is 10.9. The van der Waals surface area contributed by atoms with Gasteiger partial charge in [0.25, 0.3) is 0 Å². The van der Waals surface area contributed by atoms with Crippen molar-refractivity contribution in [1.82, 2.24) is 15.3 Å². The fourth-order valence-electron chi connectivity index (χ4n) is 1.64. The number of nitrogens with zero attached hydrogens (tertiary/aromatic N) is 2. The lowest BCUT2D eigenvalue weighted by atomic mass is 10.1. The molecule has 0 aliphatic rings. The summed E-state index contributed by atoms with van der Waals surface area (Å²) in [7, 11) is 0. The highest BCUT2D eigenvalue weighted by molar-refractivity contribution is 7.12. The van der Waals surface area contributed by atoms with Gasteiger partial charge in [-0.1, -0.05) is 6.92 Å². The first kappa shape index (κ1) is 11.2. The summed E-state index contributed by atoms with van der Waals surface area (Å²) in [5.74, 6) is 0. The number of aryl methyl sites for hydroxylation is 1. The fourth-order valence-corrected chi connectivity index (χ4v) is 2.60. The highest BCUT2D eigenvalue weighted by atomic mass is 32.1. The number of hydrogen-bond donors (Lipinski definition) is 1. The molecular weight excluding hydrogens is 218 g/mol. The van der Waals surface area contributed by atoms with E-state index in [2.05, 4.69) is 41.3 Å². The molecule has 0 spiro atoms. The quantitative estimate of drug-likeness (QED) is 0.882. The van der Waals surface area contributed by atoms with Gasteiger partial charge < -0.3 is 5.32 Å². The predicted octanol–water partition coefficient (Wildman–Crippen LogP) is 2.55. The monoisotopic (exact) mass is 233 g/mol. The van der Waals surface area contributed by atoms with Crippen LogP contribution in [0, 0.1) is 6.92 Å². The first-order chi connectivity index (χ1) is 7.81. The molecule has 0 bridgehead atoms. The lowest BCUT2D eigenvalue weighted by Gasteiger charge is -2.15. The molecule has 2 rings (SSSR count).